The molecule has 192 valence electrons. The van der Waals surface area contributed by atoms with Gasteiger partial charge in [-0.2, -0.15) is 0 Å². The number of hydrogen-bond donors (Lipinski definition) is 0. The maximum atomic E-state index is 12.8. The summed E-state index contributed by atoms with van der Waals surface area (Å²) < 4.78 is 10.7. The largest absolute Gasteiger partial charge is 0.462 e. The molecule has 2 aromatic rings. The third-order valence-electron chi connectivity index (χ3n) is 6.05. The van der Waals surface area contributed by atoms with Gasteiger partial charge in [0.2, 0.25) is 0 Å². The molecule has 0 saturated heterocycles. The second-order valence-corrected chi connectivity index (χ2v) is 10.1. The van der Waals surface area contributed by atoms with Gasteiger partial charge in [-0.1, -0.05) is 62.2 Å². The van der Waals surface area contributed by atoms with Gasteiger partial charge in [-0.15, -0.1) is 0 Å². The van der Waals surface area contributed by atoms with Crippen molar-refractivity contribution in [1.82, 2.24) is 4.90 Å². The summed E-state index contributed by atoms with van der Waals surface area (Å²) in [4.78, 5) is 39.8. The molecule has 0 bridgehead atoms. The summed E-state index contributed by atoms with van der Waals surface area (Å²) in [5.41, 5.74) is 2.84. The average molecular weight is 492 g/mol. The normalized spacial score (nSPS) is 15.9. The van der Waals surface area contributed by atoms with Crippen molar-refractivity contribution >= 4 is 17.7 Å². The fraction of sp³-hybridized carbons (Fsp3) is 0.433. The van der Waals surface area contributed by atoms with Gasteiger partial charge in [0.25, 0.3) is 0 Å². The smallest absolute Gasteiger partial charge is 0.343 e. The highest BCUT2D eigenvalue weighted by Crippen LogP contribution is 2.28. The summed E-state index contributed by atoms with van der Waals surface area (Å²) in [5, 5.41) is 0. The van der Waals surface area contributed by atoms with Crippen LogP contribution in [-0.2, 0) is 25.6 Å². The Hall–Kier alpha value is -3.41. The average Bonchev–Trinajstić information content (AvgIpc) is 2.83. The third-order valence-corrected chi connectivity index (χ3v) is 6.05. The number of esters is 2. The lowest BCUT2D eigenvalue weighted by atomic mass is 9.94. The van der Waals surface area contributed by atoms with Crippen LogP contribution in [0.1, 0.15) is 76.2 Å². The van der Waals surface area contributed by atoms with Crippen molar-refractivity contribution in [2.45, 2.75) is 78.5 Å². The molecule has 1 aliphatic rings. The number of ketones is 1. The van der Waals surface area contributed by atoms with Crippen molar-refractivity contribution in [3.05, 3.63) is 71.4 Å². The first-order chi connectivity index (χ1) is 17.1. The van der Waals surface area contributed by atoms with Crippen molar-refractivity contribution in [2.24, 2.45) is 0 Å². The van der Waals surface area contributed by atoms with Crippen LogP contribution in [0.5, 0.6) is 0 Å². The molecule has 3 rings (SSSR count). The van der Waals surface area contributed by atoms with Crippen molar-refractivity contribution in [3.63, 3.8) is 0 Å². The number of benzene rings is 2. The number of ether oxygens (including phenoxy) is 2. The van der Waals surface area contributed by atoms with E-state index in [1.54, 1.807) is 19.2 Å². The quantitative estimate of drug-likeness (QED) is 0.312. The van der Waals surface area contributed by atoms with E-state index in [0.717, 1.165) is 36.0 Å². The van der Waals surface area contributed by atoms with Crippen LogP contribution in [0.2, 0.25) is 0 Å². The predicted molar refractivity (Wildman–Crippen MR) is 140 cm³/mol. The van der Waals surface area contributed by atoms with Crippen LogP contribution in [0.15, 0.2) is 60.3 Å². The molecule has 1 unspecified atom stereocenters. The van der Waals surface area contributed by atoms with E-state index in [1.165, 1.54) is 0 Å². The number of rotatable bonds is 9. The zero-order valence-corrected chi connectivity index (χ0v) is 22.0. The lowest BCUT2D eigenvalue weighted by Crippen LogP contribution is -2.39. The monoisotopic (exact) mass is 491 g/mol. The van der Waals surface area contributed by atoms with E-state index in [4.69, 9.17) is 9.47 Å². The Balaban J connectivity index is 1.84. The summed E-state index contributed by atoms with van der Waals surface area (Å²) in [7, 11) is 0. The molecule has 1 heterocycles. The minimum atomic E-state index is -0.575. The first-order valence-corrected chi connectivity index (χ1v) is 12.7. The SMILES string of the molecule is CCCCC1CC(=O)C(C(=O)OCC)=CN1Cc1ccc(-c2ccccc2C(=O)OC(C)(C)C)cc1. The van der Waals surface area contributed by atoms with E-state index in [1.807, 2.05) is 63.2 Å². The molecule has 0 aliphatic carbocycles. The molecule has 2 aromatic carbocycles. The van der Waals surface area contributed by atoms with Crippen LogP contribution in [0, 0.1) is 0 Å². The lowest BCUT2D eigenvalue weighted by Gasteiger charge is -2.34. The molecule has 0 fully saturated rings. The fourth-order valence-corrected chi connectivity index (χ4v) is 4.29. The standard InChI is InChI=1S/C30H37NO5/c1-6-8-11-23-18-27(32)26(28(33)35-7-2)20-31(23)19-21-14-16-22(17-15-21)24-12-9-10-13-25(24)29(34)36-30(3,4)5/h9-10,12-17,20,23H,6-8,11,18-19H2,1-5H3. The Morgan fingerprint density at radius 2 is 1.69 bits per heavy atom. The van der Waals surface area contributed by atoms with Gasteiger partial charge in [0.1, 0.15) is 11.2 Å². The number of carbonyl (C=O) groups excluding carboxylic acids is 3. The van der Waals surface area contributed by atoms with Crippen LogP contribution in [0.3, 0.4) is 0 Å². The molecule has 0 aromatic heterocycles. The minimum Gasteiger partial charge on any atom is -0.462 e. The summed E-state index contributed by atoms with van der Waals surface area (Å²) in [6, 6.07) is 15.5. The molecule has 0 amide bonds. The van der Waals surface area contributed by atoms with E-state index in [0.29, 0.717) is 18.5 Å². The Kier molecular flexibility index (Phi) is 9.08. The van der Waals surface area contributed by atoms with Gasteiger partial charge in [0.15, 0.2) is 5.78 Å². The minimum absolute atomic E-state index is 0.0446. The van der Waals surface area contributed by atoms with E-state index in [2.05, 4.69) is 11.8 Å². The molecular formula is C30H37NO5. The van der Waals surface area contributed by atoms with E-state index in [-0.39, 0.29) is 30.0 Å². The van der Waals surface area contributed by atoms with Crippen molar-refractivity contribution in [2.75, 3.05) is 6.61 Å². The highest BCUT2D eigenvalue weighted by molar-refractivity contribution is 6.17. The van der Waals surface area contributed by atoms with Crippen LogP contribution < -0.4 is 0 Å². The molecular weight excluding hydrogens is 454 g/mol. The van der Waals surface area contributed by atoms with Crippen LogP contribution in [-0.4, -0.2) is 40.9 Å². The maximum absolute atomic E-state index is 12.8. The van der Waals surface area contributed by atoms with E-state index in [9.17, 15) is 14.4 Å². The number of carbonyl (C=O) groups is 3. The van der Waals surface area contributed by atoms with Crippen molar-refractivity contribution in [3.8, 4) is 11.1 Å². The van der Waals surface area contributed by atoms with Gasteiger partial charge in [-0.25, -0.2) is 9.59 Å². The molecule has 0 N–H and O–H groups in total. The van der Waals surface area contributed by atoms with Crippen LogP contribution in [0.4, 0.5) is 0 Å². The summed E-state index contributed by atoms with van der Waals surface area (Å²) in [6.07, 6.45) is 4.92. The summed E-state index contributed by atoms with van der Waals surface area (Å²) >= 11 is 0. The Morgan fingerprint density at radius 1 is 1.00 bits per heavy atom. The Morgan fingerprint density at radius 3 is 2.33 bits per heavy atom. The first kappa shape index (κ1) is 27.2. The molecule has 0 saturated carbocycles. The van der Waals surface area contributed by atoms with Gasteiger partial charge in [0, 0.05) is 25.2 Å². The van der Waals surface area contributed by atoms with E-state index < -0.39 is 11.6 Å². The molecule has 0 spiro atoms. The van der Waals surface area contributed by atoms with E-state index >= 15 is 0 Å². The topological polar surface area (TPSA) is 72.9 Å². The highest BCUT2D eigenvalue weighted by atomic mass is 16.6. The number of Topliss-reactive ketones (excluding diaryl/α,β-unsaturated/α-hetero) is 1. The molecule has 1 atom stereocenters. The molecule has 36 heavy (non-hydrogen) atoms. The second kappa shape index (κ2) is 12.0. The fourth-order valence-electron chi connectivity index (χ4n) is 4.29. The Bertz CT molecular complexity index is 1110. The van der Waals surface area contributed by atoms with Gasteiger partial charge >= 0.3 is 11.9 Å². The lowest BCUT2D eigenvalue weighted by molar-refractivity contribution is -0.140. The van der Waals surface area contributed by atoms with Gasteiger partial charge in [-0.3, -0.25) is 4.79 Å². The number of nitrogens with zero attached hydrogens (tertiary/aromatic N) is 1. The Labute approximate surface area is 214 Å². The second-order valence-electron chi connectivity index (χ2n) is 10.1. The summed E-state index contributed by atoms with van der Waals surface area (Å²) in [5.74, 6) is -1.06. The molecule has 6 nitrogen and oxygen atoms in total. The van der Waals surface area contributed by atoms with Gasteiger partial charge in [-0.05, 0) is 56.9 Å². The van der Waals surface area contributed by atoms with Crippen LogP contribution >= 0.6 is 0 Å². The summed E-state index contributed by atoms with van der Waals surface area (Å²) in [6.45, 7) is 10.2. The molecule has 1 aliphatic heterocycles. The molecule has 0 radical (unpaired) electrons. The maximum Gasteiger partial charge on any atom is 0.343 e. The molecule has 6 heteroatoms. The predicted octanol–water partition coefficient (Wildman–Crippen LogP) is 6.09. The van der Waals surface area contributed by atoms with Crippen LogP contribution in [0.25, 0.3) is 11.1 Å². The number of hydrogen-bond acceptors (Lipinski definition) is 6. The van der Waals surface area contributed by atoms with Gasteiger partial charge in [0.05, 0.1) is 12.2 Å². The van der Waals surface area contributed by atoms with Crippen molar-refractivity contribution < 1.29 is 23.9 Å². The first-order valence-electron chi connectivity index (χ1n) is 12.7. The van der Waals surface area contributed by atoms with Crippen molar-refractivity contribution in [1.29, 1.82) is 0 Å². The van der Waals surface area contributed by atoms with Gasteiger partial charge < -0.3 is 14.4 Å². The highest BCUT2D eigenvalue weighted by Gasteiger charge is 2.31. The zero-order valence-electron chi connectivity index (χ0n) is 22.0. The zero-order chi connectivity index (χ0) is 26.3. The third kappa shape index (κ3) is 7.06. The number of unbranched alkanes of at least 4 members (excludes halogenated alkanes) is 1.